The second-order valence-electron chi connectivity index (χ2n) is 4.24. The molecule has 0 spiro atoms. The van der Waals surface area contributed by atoms with Crippen LogP contribution in [0.15, 0.2) is 12.4 Å². The molecule has 4 heteroatoms. The average Bonchev–Trinajstić information content (AvgIpc) is 2.86. The van der Waals surface area contributed by atoms with Gasteiger partial charge in [0.05, 0.1) is 6.20 Å². The van der Waals surface area contributed by atoms with Gasteiger partial charge in [0.1, 0.15) is 0 Å². The maximum absolute atomic E-state index is 11.6. The second kappa shape index (κ2) is 4.96. The summed E-state index contributed by atoms with van der Waals surface area (Å²) >= 11 is 0. The molecule has 2 N–H and O–H groups in total. The number of aromatic amines is 1. The van der Waals surface area contributed by atoms with Gasteiger partial charge in [-0.2, -0.15) is 5.10 Å². The number of nitrogens with zero attached hydrogens (tertiary/aromatic N) is 1. The van der Waals surface area contributed by atoms with Crippen molar-refractivity contribution in [1.29, 1.82) is 0 Å². The van der Waals surface area contributed by atoms with Gasteiger partial charge in [0.2, 0.25) is 5.91 Å². The minimum atomic E-state index is 0.170. The van der Waals surface area contributed by atoms with Crippen LogP contribution in [0.4, 0.5) is 0 Å². The summed E-state index contributed by atoms with van der Waals surface area (Å²) in [5.74, 6) is 0.789. The Morgan fingerprint density at radius 3 is 3.00 bits per heavy atom. The van der Waals surface area contributed by atoms with E-state index in [1.165, 1.54) is 25.7 Å². The molecule has 1 fully saturated rings. The lowest BCUT2D eigenvalue weighted by molar-refractivity contribution is -0.122. The number of aromatic nitrogens is 2. The van der Waals surface area contributed by atoms with E-state index in [0.717, 1.165) is 5.56 Å². The lowest BCUT2D eigenvalue weighted by Crippen LogP contribution is -2.24. The molecule has 4 nitrogen and oxygen atoms in total. The van der Waals surface area contributed by atoms with Gasteiger partial charge >= 0.3 is 0 Å². The third-order valence-electron chi connectivity index (χ3n) is 2.99. The first-order valence-corrected chi connectivity index (χ1v) is 5.59. The molecular weight excluding hydrogens is 190 g/mol. The molecule has 1 saturated carbocycles. The van der Waals surface area contributed by atoms with Crippen LogP contribution in [0, 0.1) is 5.92 Å². The number of rotatable bonds is 4. The molecule has 1 aromatic rings. The normalized spacial score (nSPS) is 16.8. The van der Waals surface area contributed by atoms with Crippen molar-refractivity contribution in [3.05, 3.63) is 18.0 Å². The highest BCUT2D eigenvalue weighted by atomic mass is 16.1. The average molecular weight is 207 g/mol. The Hall–Kier alpha value is -1.32. The van der Waals surface area contributed by atoms with Crippen molar-refractivity contribution < 1.29 is 4.79 Å². The summed E-state index contributed by atoms with van der Waals surface area (Å²) in [6, 6.07) is 0. The minimum absolute atomic E-state index is 0.170. The highest BCUT2D eigenvalue weighted by Crippen LogP contribution is 2.27. The van der Waals surface area contributed by atoms with Gasteiger partial charge in [-0.15, -0.1) is 0 Å². The predicted octanol–water partition coefficient (Wildman–Crippen LogP) is 1.61. The van der Waals surface area contributed by atoms with Crippen molar-refractivity contribution in [1.82, 2.24) is 15.5 Å². The Bertz CT molecular complexity index is 302. The van der Waals surface area contributed by atoms with Crippen LogP contribution in [0.1, 0.15) is 37.7 Å². The van der Waals surface area contributed by atoms with Crippen molar-refractivity contribution in [2.45, 2.75) is 38.6 Å². The summed E-state index contributed by atoms with van der Waals surface area (Å²) in [7, 11) is 0. The molecule has 82 valence electrons. The van der Waals surface area contributed by atoms with Gasteiger partial charge in [-0.3, -0.25) is 9.89 Å². The number of carbonyl (C=O) groups excluding carboxylic acids is 1. The maximum Gasteiger partial charge on any atom is 0.220 e. The van der Waals surface area contributed by atoms with Crippen molar-refractivity contribution in [3.63, 3.8) is 0 Å². The van der Waals surface area contributed by atoms with E-state index in [2.05, 4.69) is 15.5 Å². The molecule has 0 bridgehead atoms. The highest BCUT2D eigenvalue weighted by Gasteiger charge is 2.17. The van der Waals surface area contributed by atoms with E-state index >= 15 is 0 Å². The van der Waals surface area contributed by atoms with Gasteiger partial charge in [-0.1, -0.05) is 12.8 Å². The van der Waals surface area contributed by atoms with Crippen molar-refractivity contribution in [2.75, 3.05) is 0 Å². The quantitative estimate of drug-likeness (QED) is 0.788. The molecule has 1 heterocycles. The summed E-state index contributed by atoms with van der Waals surface area (Å²) in [5, 5.41) is 9.47. The summed E-state index contributed by atoms with van der Waals surface area (Å²) in [6.45, 7) is 0.585. The summed E-state index contributed by atoms with van der Waals surface area (Å²) < 4.78 is 0. The molecule has 0 aromatic carbocycles. The van der Waals surface area contributed by atoms with Crippen LogP contribution in [0.3, 0.4) is 0 Å². The third kappa shape index (κ3) is 3.08. The van der Waals surface area contributed by atoms with E-state index in [1.807, 2.05) is 0 Å². The van der Waals surface area contributed by atoms with Crippen LogP contribution in [-0.2, 0) is 11.3 Å². The zero-order valence-corrected chi connectivity index (χ0v) is 8.83. The molecule has 1 aliphatic rings. The molecule has 1 aliphatic carbocycles. The summed E-state index contributed by atoms with van der Waals surface area (Å²) in [4.78, 5) is 11.6. The fourth-order valence-corrected chi connectivity index (χ4v) is 2.12. The first kappa shape index (κ1) is 10.2. The van der Waals surface area contributed by atoms with E-state index in [1.54, 1.807) is 12.4 Å². The number of H-pyrrole nitrogens is 1. The molecule has 1 aromatic heterocycles. The van der Waals surface area contributed by atoms with Crippen LogP contribution in [0.5, 0.6) is 0 Å². The number of hydrogen-bond donors (Lipinski definition) is 2. The van der Waals surface area contributed by atoms with Crippen LogP contribution in [0.25, 0.3) is 0 Å². The van der Waals surface area contributed by atoms with E-state index in [4.69, 9.17) is 0 Å². The number of nitrogens with one attached hydrogen (secondary N) is 2. The zero-order chi connectivity index (χ0) is 10.5. The number of hydrogen-bond acceptors (Lipinski definition) is 2. The molecule has 0 saturated heterocycles. The maximum atomic E-state index is 11.6. The minimum Gasteiger partial charge on any atom is -0.352 e. The third-order valence-corrected chi connectivity index (χ3v) is 2.99. The van der Waals surface area contributed by atoms with Crippen LogP contribution < -0.4 is 5.32 Å². The van der Waals surface area contributed by atoms with Gasteiger partial charge in [0.15, 0.2) is 0 Å². The summed E-state index contributed by atoms with van der Waals surface area (Å²) in [6.07, 6.45) is 9.25. The molecule has 1 amide bonds. The van der Waals surface area contributed by atoms with Gasteiger partial charge in [0, 0.05) is 24.7 Å². The van der Waals surface area contributed by atoms with Crippen LogP contribution >= 0.6 is 0 Å². The van der Waals surface area contributed by atoms with Gasteiger partial charge < -0.3 is 5.32 Å². The Kier molecular flexibility index (Phi) is 3.37. The van der Waals surface area contributed by atoms with Gasteiger partial charge in [-0.25, -0.2) is 0 Å². The number of amides is 1. The topological polar surface area (TPSA) is 57.8 Å². The molecular formula is C11H17N3O. The first-order valence-electron chi connectivity index (χ1n) is 5.59. The Labute approximate surface area is 89.5 Å². The van der Waals surface area contributed by atoms with Crippen molar-refractivity contribution >= 4 is 5.91 Å². The SMILES string of the molecule is O=C(CC1CCCC1)NCc1cn[nH]c1. The Morgan fingerprint density at radius 2 is 2.33 bits per heavy atom. The van der Waals surface area contributed by atoms with Crippen LogP contribution in [0.2, 0.25) is 0 Å². The van der Waals surface area contributed by atoms with E-state index in [9.17, 15) is 4.79 Å². The zero-order valence-electron chi connectivity index (χ0n) is 8.83. The second-order valence-corrected chi connectivity index (χ2v) is 4.24. The van der Waals surface area contributed by atoms with Gasteiger partial charge in [-0.05, 0) is 18.8 Å². The lowest BCUT2D eigenvalue weighted by atomic mass is 10.0. The van der Waals surface area contributed by atoms with E-state index in [0.29, 0.717) is 18.9 Å². The highest BCUT2D eigenvalue weighted by molar-refractivity contribution is 5.76. The Balaban J connectivity index is 1.68. The largest absolute Gasteiger partial charge is 0.352 e. The molecule has 15 heavy (non-hydrogen) atoms. The van der Waals surface area contributed by atoms with Gasteiger partial charge in [0.25, 0.3) is 0 Å². The molecule has 0 atom stereocenters. The van der Waals surface area contributed by atoms with Crippen LogP contribution in [-0.4, -0.2) is 16.1 Å². The molecule has 0 unspecified atom stereocenters. The number of carbonyl (C=O) groups is 1. The fraction of sp³-hybridized carbons (Fsp3) is 0.636. The van der Waals surface area contributed by atoms with E-state index in [-0.39, 0.29) is 5.91 Å². The standard InChI is InChI=1S/C11H17N3O/c15-11(5-9-3-1-2-4-9)12-6-10-7-13-14-8-10/h7-9H,1-6H2,(H,12,15)(H,13,14). The Morgan fingerprint density at radius 1 is 1.53 bits per heavy atom. The first-order chi connectivity index (χ1) is 7.34. The smallest absolute Gasteiger partial charge is 0.220 e. The molecule has 0 radical (unpaired) electrons. The van der Waals surface area contributed by atoms with E-state index < -0.39 is 0 Å². The van der Waals surface area contributed by atoms with Crippen molar-refractivity contribution in [3.8, 4) is 0 Å². The predicted molar refractivity (Wildman–Crippen MR) is 57.0 cm³/mol. The molecule has 0 aliphatic heterocycles. The monoisotopic (exact) mass is 207 g/mol. The lowest BCUT2D eigenvalue weighted by Gasteiger charge is -2.08. The summed E-state index contributed by atoms with van der Waals surface area (Å²) in [5.41, 5.74) is 1.02. The fourth-order valence-electron chi connectivity index (χ4n) is 2.12. The van der Waals surface area contributed by atoms with Crippen molar-refractivity contribution in [2.24, 2.45) is 5.92 Å². The molecule has 2 rings (SSSR count).